The summed E-state index contributed by atoms with van der Waals surface area (Å²) in [5.74, 6) is -0.850. The molecular weight excluding hydrogens is 344 g/mol. The maximum Gasteiger partial charge on any atom is 0.353 e. The summed E-state index contributed by atoms with van der Waals surface area (Å²) >= 11 is 1.54. The third-order valence-corrected chi connectivity index (χ3v) is 6.93. The maximum atomic E-state index is 12.4. The van der Waals surface area contributed by atoms with Crippen LogP contribution in [0.25, 0.3) is 0 Å². The Morgan fingerprint density at radius 1 is 1.52 bits per heavy atom. The van der Waals surface area contributed by atoms with E-state index in [-0.39, 0.29) is 28.8 Å². The second kappa shape index (κ2) is 5.57. The van der Waals surface area contributed by atoms with E-state index in [0.717, 1.165) is 23.7 Å². The Morgan fingerprint density at radius 2 is 2.24 bits per heavy atom. The highest BCUT2D eigenvalue weighted by atomic mass is 32.2. The predicted octanol–water partition coefficient (Wildman–Crippen LogP) is -0.481. The number of carbonyl (C=O) groups excluding carboxylic acids is 1. The molecule has 4 heterocycles. The zero-order chi connectivity index (χ0) is 18.0. The highest BCUT2D eigenvalue weighted by Gasteiger charge is 2.60. The van der Waals surface area contributed by atoms with Crippen LogP contribution in [-0.2, 0) is 29.6 Å². The van der Waals surface area contributed by atoms with Crippen molar-refractivity contribution >= 4 is 23.6 Å². The lowest BCUT2D eigenvalue weighted by Crippen LogP contribution is -2.63. The Labute approximate surface area is 149 Å². The van der Waals surface area contributed by atoms with E-state index in [1.165, 1.54) is 4.90 Å². The van der Waals surface area contributed by atoms with Crippen LogP contribution in [0.1, 0.15) is 19.7 Å². The van der Waals surface area contributed by atoms with E-state index in [1.54, 1.807) is 25.0 Å². The number of thioether (sulfide) groups is 1. The zero-order valence-corrected chi connectivity index (χ0v) is 15.1. The summed E-state index contributed by atoms with van der Waals surface area (Å²) in [6, 6.07) is -0.254. The highest BCUT2D eigenvalue weighted by Crippen LogP contribution is 2.51. The number of aliphatic carboxylic acids is 1. The van der Waals surface area contributed by atoms with Crippen molar-refractivity contribution in [1.82, 2.24) is 14.7 Å². The fourth-order valence-corrected chi connectivity index (χ4v) is 5.71. The number of hydrogen-bond acceptors (Lipinski definition) is 5. The molecule has 5 atom stereocenters. The van der Waals surface area contributed by atoms with Gasteiger partial charge >= 0.3 is 5.97 Å². The molecule has 0 aliphatic carbocycles. The highest BCUT2D eigenvalue weighted by molar-refractivity contribution is 8.03. The van der Waals surface area contributed by atoms with Gasteiger partial charge in [-0.15, -0.1) is 16.4 Å². The van der Waals surface area contributed by atoms with Gasteiger partial charge in [-0.25, -0.2) is 9.36 Å². The van der Waals surface area contributed by atoms with Crippen LogP contribution in [0.5, 0.6) is 0 Å². The van der Waals surface area contributed by atoms with Crippen LogP contribution in [0, 0.1) is 11.8 Å². The molecule has 3 aliphatic rings. The molecule has 1 aromatic rings. The number of carboxylic acid groups (broad SMARTS) is 1. The first-order chi connectivity index (χ1) is 11.8. The first-order valence-corrected chi connectivity index (χ1v) is 9.24. The number of carbonyl (C=O) groups is 2. The van der Waals surface area contributed by atoms with Crippen molar-refractivity contribution in [3.8, 4) is 0 Å². The minimum Gasteiger partial charge on any atom is -0.477 e. The maximum absolute atomic E-state index is 12.4. The monoisotopic (exact) mass is 365 g/mol. The van der Waals surface area contributed by atoms with Gasteiger partial charge in [0.1, 0.15) is 12.2 Å². The van der Waals surface area contributed by atoms with Gasteiger partial charge < -0.3 is 15.1 Å². The SMILES string of the molecule is C[C@@H](O)[C@H]1C(=O)N2C(C(=O)O)=C(S[C@H]3Cc4n(nc[n+]4C)C3)[C@H](C)[C@H]12. The molecule has 4 rings (SSSR count). The van der Waals surface area contributed by atoms with Crippen LogP contribution in [0.3, 0.4) is 0 Å². The number of β-lactam (4-membered cyclic amide) rings is 1. The Kier molecular flexibility index (Phi) is 3.69. The van der Waals surface area contributed by atoms with Crippen molar-refractivity contribution < 1.29 is 24.4 Å². The molecule has 1 saturated heterocycles. The van der Waals surface area contributed by atoms with Gasteiger partial charge in [-0.2, -0.15) is 0 Å². The van der Waals surface area contributed by atoms with Crippen molar-refractivity contribution in [2.24, 2.45) is 18.9 Å². The number of nitrogens with zero attached hydrogens (tertiary/aromatic N) is 4. The molecule has 3 aliphatic heterocycles. The van der Waals surface area contributed by atoms with E-state index in [0.29, 0.717) is 0 Å². The normalized spacial score (nSPS) is 31.8. The summed E-state index contributed by atoms with van der Waals surface area (Å²) in [7, 11) is 1.95. The quantitative estimate of drug-likeness (QED) is 0.552. The molecule has 134 valence electrons. The van der Waals surface area contributed by atoms with Gasteiger partial charge in [-0.1, -0.05) is 6.92 Å². The van der Waals surface area contributed by atoms with Crippen LogP contribution in [0.15, 0.2) is 16.9 Å². The standard InChI is InChI=1S/C16H20N4O4S/c1-7-12-11(8(2)21)15(22)20(12)13(16(23)24)14(7)25-9-4-10-18(3)6-17-19(10)5-9/h6-9,11-12,21H,4-5H2,1-3H3/p+1/t7-,8-,9+,11-,12-/m1/s1. The molecule has 9 heteroatoms. The first kappa shape index (κ1) is 16.6. The van der Waals surface area contributed by atoms with E-state index in [4.69, 9.17) is 0 Å². The number of aliphatic hydroxyl groups is 1. The number of carboxylic acids is 1. The Morgan fingerprint density at radius 3 is 2.84 bits per heavy atom. The summed E-state index contributed by atoms with van der Waals surface area (Å²) in [4.78, 5) is 26.3. The van der Waals surface area contributed by atoms with Crippen LogP contribution in [0.4, 0.5) is 0 Å². The number of rotatable bonds is 4. The second-order valence-electron chi connectivity index (χ2n) is 7.06. The summed E-state index contributed by atoms with van der Waals surface area (Å²) in [6.45, 7) is 4.27. The van der Waals surface area contributed by atoms with E-state index < -0.39 is 18.0 Å². The van der Waals surface area contributed by atoms with Crippen molar-refractivity contribution in [2.45, 2.75) is 44.2 Å². The molecule has 0 aromatic carbocycles. The molecule has 1 amide bonds. The fraction of sp³-hybridized carbons (Fsp3) is 0.625. The second-order valence-corrected chi connectivity index (χ2v) is 8.40. The lowest BCUT2D eigenvalue weighted by molar-refractivity contribution is -0.679. The molecule has 2 N–H and O–H groups in total. The number of aliphatic hydroxyl groups excluding tert-OH is 1. The number of aryl methyl sites for hydroxylation is 1. The van der Waals surface area contributed by atoms with Gasteiger partial charge in [0, 0.05) is 15.9 Å². The third kappa shape index (κ3) is 2.25. The molecule has 0 radical (unpaired) electrons. The van der Waals surface area contributed by atoms with E-state index >= 15 is 0 Å². The topological polar surface area (TPSA) is 99.5 Å². The molecule has 1 aromatic heterocycles. The number of fused-ring (bicyclic) bond motifs is 2. The smallest absolute Gasteiger partial charge is 0.353 e. The number of amides is 1. The van der Waals surface area contributed by atoms with Crippen molar-refractivity contribution in [2.75, 3.05) is 0 Å². The van der Waals surface area contributed by atoms with Crippen LogP contribution < -0.4 is 4.57 Å². The summed E-state index contributed by atoms with van der Waals surface area (Å²) in [6.07, 6.45) is 1.81. The number of aromatic nitrogens is 3. The summed E-state index contributed by atoms with van der Waals surface area (Å²) in [5, 5.41) is 24.1. The molecular formula is C16H21N4O4S+. The molecule has 0 spiro atoms. The molecule has 0 bridgehead atoms. The third-order valence-electron chi connectivity index (χ3n) is 5.46. The molecule has 0 saturated carbocycles. The van der Waals surface area contributed by atoms with Gasteiger partial charge in [-0.05, 0) is 6.92 Å². The van der Waals surface area contributed by atoms with Gasteiger partial charge in [0.25, 0.3) is 6.33 Å². The zero-order valence-electron chi connectivity index (χ0n) is 14.3. The van der Waals surface area contributed by atoms with E-state index in [1.807, 2.05) is 23.2 Å². The Balaban J connectivity index is 1.60. The summed E-state index contributed by atoms with van der Waals surface area (Å²) < 4.78 is 3.92. The number of hydrogen-bond donors (Lipinski definition) is 2. The average molecular weight is 365 g/mol. The van der Waals surface area contributed by atoms with Gasteiger partial charge in [0.15, 0.2) is 0 Å². The van der Waals surface area contributed by atoms with Crippen molar-refractivity contribution in [3.63, 3.8) is 0 Å². The minimum absolute atomic E-state index is 0.0879. The lowest BCUT2D eigenvalue weighted by atomic mass is 9.79. The van der Waals surface area contributed by atoms with Crippen molar-refractivity contribution in [1.29, 1.82) is 0 Å². The van der Waals surface area contributed by atoms with Crippen LogP contribution in [-0.4, -0.2) is 54.2 Å². The van der Waals surface area contributed by atoms with Crippen LogP contribution >= 0.6 is 11.8 Å². The fourth-order valence-electron chi connectivity index (χ4n) is 4.26. The molecule has 8 nitrogen and oxygen atoms in total. The van der Waals surface area contributed by atoms with E-state index in [9.17, 15) is 19.8 Å². The van der Waals surface area contributed by atoms with E-state index in [2.05, 4.69) is 5.10 Å². The molecule has 25 heavy (non-hydrogen) atoms. The Hall–Kier alpha value is -1.87. The first-order valence-electron chi connectivity index (χ1n) is 8.36. The van der Waals surface area contributed by atoms with Crippen LogP contribution in [0.2, 0.25) is 0 Å². The molecule has 1 fully saturated rings. The summed E-state index contributed by atoms with van der Waals surface area (Å²) in [5.41, 5.74) is 0.0957. The average Bonchev–Trinajstić information content (AvgIpc) is 3.14. The largest absolute Gasteiger partial charge is 0.477 e. The molecule has 0 unspecified atom stereocenters. The predicted molar refractivity (Wildman–Crippen MR) is 88.1 cm³/mol. The van der Waals surface area contributed by atoms with Gasteiger partial charge in [-0.3, -0.25) is 4.79 Å². The van der Waals surface area contributed by atoms with Crippen molar-refractivity contribution in [3.05, 3.63) is 22.8 Å². The van der Waals surface area contributed by atoms with Gasteiger partial charge in [0.05, 0.1) is 36.8 Å². The lowest BCUT2D eigenvalue weighted by Gasteiger charge is -2.46. The minimum atomic E-state index is -1.07. The Bertz CT molecular complexity index is 802. The van der Waals surface area contributed by atoms with Gasteiger partial charge in [0.2, 0.25) is 11.7 Å².